The molecule has 140 valence electrons. The molecule has 27 heavy (non-hydrogen) atoms. The molecular weight excluding hydrogens is 340 g/mol. The van der Waals surface area contributed by atoms with E-state index in [-0.39, 0.29) is 6.03 Å². The highest BCUT2D eigenvalue weighted by molar-refractivity contribution is 5.88. The number of carbonyl (C=O) groups is 1. The number of aromatic nitrogens is 4. The van der Waals surface area contributed by atoms with Gasteiger partial charge < -0.3 is 4.90 Å². The summed E-state index contributed by atoms with van der Waals surface area (Å²) < 4.78 is 1.59. The molecule has 6 rings (SSSR count). The molecule has 2 fully saturated rings. The van der Waals surface area contributed by atoms with E-state index >= 15 is 0 Å². The van der Waals surface area contributed by atoms with Gasteiger partial charge in [0.1, 0.15) is 5.82 Å². The van der Waals surface area contributed by atoms with Gasteiger partial charge in [0.05, 0.1) is 6.20 Å². The number of fused-ring (bicyclic) bond motifs is 1. The Bertz CT molecular complexity index is 877. The Kier molecular flexibility index (Phi) is 3.77. The Morgan fingerprint density at radius 3 is 2.30 bits per heavy atom. The van der Waals surface area contributed by atoms with Crippen molar-refractivity contribution in [1.82, 2.24) is 24.6 Å². The molecule has 2 aromatic heterocycles. The number of hydrogen-bond donors (Lipinski definition) is 1. The first kappa shape index (κ1) is 16.5. The third-order valence-corrected chi connectivity index (χ3v) is 6.28. The van der Waals surface area contributed by atoms with Crippen LogP contribution in [0, 0.1) is 37.5 Å². The van der Waals surface area contributed by atoms with Gasteiger partial charge in [0, 0.05) is 30.5 Å². The lowest BCUT2D eigenvalue weighted by Crippen LogP contribution is -2.35. The molecule has 0 spiro atoms. The first-order valence-corrected chi connectivity index (χ1v) is 9.69. The molecule has 3 aliphatic carbocycles. The minimum atomic E-state index is -0.0603. The minimum Gasteiger partial charge on any atom is -0.324 e. The Labute approximate surface area is 158 Å². The third-order valence-electron chi connectivity index (χ3n) is 6.28. The second-order valence-electron chi connectivity index (χ2n) is 8.03. The van der Waals surface area contributed by atoms with Crippen LogP contribution < -0.4 is 5.32 Å². The minimum absolute atomic E-state index is 0.0603. The zero-order chi connectivity index (χ0) is 18.5. The molecule has 0 radical (unpaired) electrons. The highest BCUT2D eigenvalue weighted by Crippen LogP contribution is 2.48. The fourth-order valence-corrected chi connectivity index (χ4v) is 5.05. The quantitative estimate of drug-likeness (QED) is 0.831. The summed E-state index contributed by atoms with van der Waals surface area (Å²) in [5.74, 6) is 3.60. The molecule has 2 amide bonds. The van der Waals surface area contributed by atoms with E-state index in [1.165, 1.54) is 12.8 Å². The molecule has 4 unspecified atom stereocenters. The predicted molar refractivity (Wildman–Crippen MR) is 102 cm³/mol. The van der Waals surface area contributed by atoms with Crippen LogP contribution in [0.15, 0.2) is 30.5 Å². The third kappa shape index (κ3) is 2.81. The van der Waals surface area contributed by atoms with Gasteiger partial charge in [-0.15, -0.1) is 0 Å². The average molecular weight is 364 g/mol. The number of anilines is 1. The monoisotopic (exact) mass is 364 g/mol. The van der Waals surface area contributed by atoms with E-state index in [1.807, 2.05) is 24.8 Å². The molecule has 7 nitrogen and oxygen atoms in total. The fraction of sp³-hybridized carbons (Fsp3) is 0.500. The molecule has 2 bridgehead atoms. The van der Waals surface area contributed by atoms with Crippen molar-refractivity contribution in [2.24, 2.45) is 23.7 Å². The summed E-state index contributed by atoms with van der Waals surface area (Å²) in [6.45, 7) is 5.54. The van der Waals surface area contributed by atoms with E-state index in [2.05, 4.69) is 32.5 Å². The first-order chi connectivity index (χ1) is 13.1. The van der Waals surface area contributed by atoms with Crippen LogP contribution in [0.25, 0.3) is 5.95 Å². The van der Waals surface area contributed by atoms with Crippen molar-refractivity contribution in [2.45, 2.75) is 26.7 Å². The molecule has 4 aliphatic rings. The van der Waals surface area contributed by atoms with Gasteiger partial charge in [0.25, 0.3) is 5.95 Å². The van der Waals surface area contributed by atoms with Gasteiger partial charge >= 0.3 is 6.03 Å². The second kappa shape index (κ2) is 6.18. The van der Waals surface area contributed by atoms with Crippen molar-refractivity contribution in [1.29, 1.82) is 0 Å². The van der Waals surface area contributed by atoms with Gasteiger partial charge in [0.15, 0.2) is 0 Å². The summed E-state index contributed by atoms with van der Waals surface area (Å²) >= 11 is 0. The van der Waals surface area contributed by atoms with Gasteiger partial charge in [-0.05, 0) is 56.4 Å². The highest BCUT2D eigenvalue weighted by atomic mass is 16.2. The topological polar surface area (TPSA) is 75.9 Å². The Morgan fingerprint density at radius 1 is 1.07 bits per heavy atom. The van der Waals surface area contributed by atoms with Gasteiger partial charge in [-0.3, -0.25) is 5.32 Å². The second-order valence-corrected chi connectivity index (χ2v) is 8.03. The maximum Gasteiger partial charge on any atom is 0.323 e. The van der Waals surface area contributed by atoms with Crippen LogP contribution in [-0.4, -0.2) is 43.8 Å². The van der Waals surface area contributed by atoms with Crippen LogP contribution in [0.5, 0.6) is 0 Å². The van der Waals surface area contributed by atoms with E-state index in [0.29, 0.717) is 35.4 Å². The number of hydrogen-bond acceptors (Lipinski definition) is 4. The number of likely N-dealkylation sites (tertiary alicyclic amines) is 1. The van der Waals surface area contributed by atoms with Crippen LogP contribution >= 0.6 is 0 Å². The molecule has 1 N–H and O–H groups in total. The van der Waals surface area contributed by atoms with Crippen LogP contribution in [0.2, 0.25) is 0 Å². The van der Waals surface area contributed by atoms with E-state index in [0.717, 1.165) is 24.5 Å². The van der Waals surface area contributed by atoms with Crippen LogP contribution in [0.4, 0.5) is 10.6 Å². The van der Waals surface area contributed by atoms with E-state index in [4.69, 9.17) is 0 Å². The maximum atomic E-state index is 12.9. The van der Waals surface area contributed by atoms with Crippen LogP contribution in [0.1, 0.15) is 24.2 Å². The number of amides is 2. The number of allylic oxidation sites excluding steroid dienone is 2. The van der Waals surface area contributed by atoms with Gasteiger partial charge in [-0.2, -0.15) is 9.78 Å². The molecule has 4 atom stereocenters. The highest BCUT2D eigenvalue weighted by Gasteiger charge is 2.47. The van der Waals surface area contributed by atoms with E-state index in [1.54, 1.807) is 16.9 Å². The zero-order valence-electron chi connectivity index (χ0n) is 15.7. The summed E-state index contributed by atoms with van der Waals surface area (Å²) in [5.41, 5.74) is 1.74. The first-order valence-electron chi connectivity index (χ1n) is 9.69. The normalized spacial score (nSPS) is 28.4. The summed E-state index contributed by atoms with van der Waals surface area (Å²) in [7, 11) is 0. The summed E-state index contributed by atoms with van der Waals surface area (Å²) in [6.07, 6.45) is 8.96. The smallest absolute Gasteiger partial charge is 0.323 e. The number of aryl methyl sites for hydroxylation is 2. The van der Waals surface area contributed by atoms with Crippen molar-refractivity contribution < 1.29 is 4.79 Å². The Balaban J connectivity index is 1.34. The molecular formula is C20H24N6O. The van der Waals surface area contributed by atoms with Crippen molar-refractivity contribution in [3.05, 3.63) is 41.9 Å². The molecule has 0 aromatic carbocycles. The molecule has 2 aromatic rings. The van der Waals surface area contributed by atoms with Crippen molar-refractivity contribution >= 4 is 11.8 Å². The van der Waals surface area contributed by atoms with Crippen molar-refractivity contribution in [3.63, 3.8) is 0 Å². The van der Waals surface area contributed by atoms with Crippen molar-refractivity contribution in [2.75, 3.05) is 18.4 Å². The number of rotatable bonds is 2. The lowest BCUT2D eigenvalue weighted by atomic mass is 9.64. The summed E-state index contributed by atoms with van der Waals surface area (Å²) in [5, 5.41) is 7.32. The number of carbonyl (C=O) groups excluding carboxylic acids is 1. The molecule has 3 heterocycles. The Morgan fingerprint density at radius 2 is 1.70 bits per heavy atom. The summed E-state index contributed by atoms with van der Waals surface area (Å²) in [4.78, 5) is 23.8. The largest absolute Gasteiger partial charge is 0.324 e. The van der Waals surface area contributed by atoms with Crippen molar-refractivity contribution in [3.8, 4) is 5.95 Å². The predicted octanol–water partition coefficient (Wildman–Crippen LogP) is 2.96. The lowest BCUT2D eigenvalue weighted by molar-refractivity contribution is 0.169. The standard InChI is InChI=1S/C20H24N6O/c1-12-9-13(2)23-19(22-12)26-18(7-8-21-26)24-20(27)25-10-16-14-3-4-15(6-5-14)17(16)11-25/h3-4,7-9,14-17H,5-6,10-11H2,1-2H3,(H,24,27). The fourth-order valence-electron chi connectivity index (χ4n) is 5.05. The number of nitrogens with zero attached hydrogens (tertiary/aromatic N) is 5. The molecule has 7 heteroatoms. The molecule has 1 saturated heterocycles. The van der Waals surface area contributed by atoms with E-state index < -0.39 is 0 Å². The van der Waals surface area contributed by atoms with Gasteiger partial charge in [-0.1, -0.05) is 12.2 Å². The molecule has 1 aliphatic heterocycles. The summed E-state index contributed by atoms with van der Waals surface area (Å²) in [6, 6.07) is 3.64. The zero-order valence-corrected chi connectivity index (χ0v) is 15.7. The number of urea groups is 1. The van der Waals surface area contributed by atoms with Gasteiger partial charge in [0.2, 0.25) is 0 Å². The SMILES string of the molecule is Cc1cc(C)nc(-n2nccc2NC(=O)N2CC3C4C=CC(CC4)C3C2)n1. The molecule has 1 saturated carbocycles. The van der Waals surface area contributed by atoms with Crippen LogP contribution in [-0.2, 0) is 0 Å². The van der Waals surface area contributed by atoms with E-state index in [9.17, 15) is 4.79 Å². The Hall–Kier alpha value is -2.70. The average Bonchev–Trinajstić information content (AvgIpc) is 3.30. The van der Waals surface area contributed by atoms with Crippen LogP contribution in [0.3, 0.4) is 0 Å². The lowest BCUT2D eigenvalue weighted by Gasteiger charge is -2.40. The number of nitrogens with one attached hydrogen (secondary N) is 1. The maximum absolute atomic E-state index is 12.9. The van der Waals surface area contributed by atoms with Gasteiger partial charge in [-0.25, -0.2) is 14.8 Å².